The number of rotatable bonds is 7. The Morgan fingerprint density at radius 3 is 2.83 bits per heavy atom. The molecule has 18 heavy (non-hydrogen) atoms. The van der Waals surface area contributed by atoms with Crippen LogP contribution in [0.3, 0.4) is 0 Å². The zero-order valence-corrected chi connectivity index (χ0v) is 11.7. The maximum atomic E-state index is 11.8. The Balaban J connectivity index is 2.27. The van der Waals surface area contributed by atoms with E-state index in [0.29, 0.717) is 13.0 Å². The van der Waals surface area contributed by atoms with Crippen molar-refractivity contribution in [2.45, 2.75) is 33.1 Å². The van der Waals surface area contributed by atoms with Crippen LogP contribution in [-0.4, -0.2) is 30.9 Å². The number of nitrogens with one attached hydrogen (secondary N) is 1. The largest absolute Gasteiger partial charge is 0.385 e. The highest BCUT2D eigenvalue weighted by Gasteiger charge is 2.07. The summed E-state index contributed by atoms with van der Waals surface area (Å²) in [5.41, 5.74) is 2.31. The van der Waals surface area contributed by atoms with Gasteiger partial charge < -0.3 is 10.2 Å². The third kappa shape index (κ3) is 5.21. The molecule has 0 unspecified atom stereocenters. The number of nitrogens with zero attached hydrogens (tertiary/aromatic N) is 1. The van der Waals surface area contributed by atoms with Gasteiger partial charge in [-0.25, -0.2) is 0 Å². The molecule has 0 aliphatic rings. The average Bonchev–Trinajstić information content (AvgIpc) is 2.35. The Morgan fingerprint density at radius 2 is 2.17 bits per heavy atom. The fraction of sp³-hybridized carbons (Fsp3) is 0.533. The number of benzene rings is 1. The van der Waals surface area contributed by atoms with Crippen molar-refractivity contribution in [1.29, 1.82) is 0 Å². The van der Waals surface area contributed by atoms with E-state index in [4.69, 9.17) is 0 Å². The van der Waals surface area contributed by atoms with Crippen molar-refractivity contribution in [1.82, 2.24) is 4.90 Å². The Hall–Kier alpha value is -1.51. The van der Waals surface area contributed by atoms with Gasteiger partial charge in [-0.1, -0.05) is 25.5 Å². The minimum atomic E-state index is 0.212. The van der Waals surface area contributed by atoms with Gasteiger partial charge in [-0.15, -0.1) is 0 Å². The first kappa shape index (κ1) is 14.6. The van der Waals surface area contributed by atoms with Gasteiger partial charge >= 0.3 is 0 Å². The Kier molecular flexibility index (Phi) is 6.26. The lowest BCUT2D eigenvalue weighted by molar-refractivity contribution is -0.129. The second-order valence-electron chi connectivity index (χ2n) is 4.72. The number of amides is 1. The summed E-state index contributed by atoms with van der Waals surface area (Å²) in [4.78, 5) is 13.6. The fourth-order valence-corrected chi connectivity index (χ4v) is 1.78. The Morgan fingerprint density at radius 1 is 1.39 bits per heavy atom. The summed E-state index contributed by atoms with van der Waals surface area (Å²) in [6, 6.07) is 8.20. The van der Waals surface area contributed by atoms with E-state index in [9.17, 15) is 4.79 Å². The molecule has 0 bridgehead atoms. The third-order valence-corrected chi connectivity index (χ3v) is 2.96. The fourth-order valence-electron chi connectivity index (χ4n) is 1.78. The van der Waals surface area contributed by atoms with Crippen molar-refractivity contribution >= 4 is 11.6 Å². The van der Waals surface area contributed by atoms with Crippen molar-refractivity contribution < 1.29 is 4.79 Å². The smallest absolute Gasteiger partial charge is 0.224 e. The van der Waals surface area contributed by atoms with Crippen LogP contribution in [0.1, 0.15) is 31.7 Å². The summed E-state index contributed by atoms with van der Waals surface area (Å²) >= 11 is 0. The van der Waals surface area contributed by atoms with Crippen LogP contribution in [0.25, 0.3) is 0 Å². The average molecular weight is 248 g/mol. The molecule has 0 heterocycles. The van der Waals surface area contributed by atoms with E-state index in [-0.39, 0.29) is 5.91 Å². The van der Waals surface area contributed by atoms with Gasteiger partial charge in [-0.3, -0.25) is 4.79 Å². The summed E-state index contributed by atoms with van der Waals surface area (Å²) < 4.78 is 0. The van der Waals surface area contributed by atoms with E-state index in [0.717, 1.165) is 25.1 Å². The zero-order chi connectivity index (χ0) is 13.4. The highest BCUT2D eigenvalue weighted by Crippen LogP contribution is 2.09. The number of carbonyl (C=O) groups is 1. The molecule has 3 heteroatoms. The van der Waals surface area contributed by atoms with E-state index in [1.165, 1.54) is 5.56 Å². The van der Waals surface area contributed by atoms with Gasteiger partial charge in [0.25, 0.3) is 0 Å². The van der Waals surface area contributed by atoms with E-state index >= 15 is 0 Å². The molecule has 0 saturated carbocycles. The lowest BCUT2D eigenvalue weighted by atomic mass is 10.2. The first-order valence-corrected chi connectivity index (χ1v) is 6.68. The van der Waals surface area contributed by atoms with Crippen molar-refractivity contribution in [2.75, 3.05) is 25.5 Å². The maximum Gasteiger partial charge on any atom is 0.224 e. The Bertz CT molecular complexity index is 377. The molecule has 0 atom stereocenters. The quantitative estimate of drug-likeness (QED) is 0.804. The van der Waals surface area contributed by atoms with Gasteiger partial charge in [0.15, 0.2) is 0 Å². The topological polar surface area (TPSA) is 32.3 Å². The van der Waals surface area contributed by atoms with Crippen molar-refractivity contribution in [3.63, 3.8) is 0 Å². The molecule has 100 valence electrons. The van der Waals surface area contributed by atoms with Crippen LogP contribution >= 0.6 is 0 Å². The molecule has 1 aromatic rings. The van der Waals surface area contributed by atoms with Crippen LogP contribution in [0.5, 0.6) is 0 Å². The summed E-state index contributed by atoms with van der Waals surface area (Å²) in [5.74, 6) is 0.212. The molecule has 0 radical (unpaired) electrons. The molecular formula is C15H24N2O. The second-order valence-corrected chi connectivity index (χ2v) is 4.72. The molecule has 1 rings (SSSR count). The normalized spacial score (nSPS) is 10.2. The molecule has 3 nitrogen and oxygen atoms in total. The van der Waals surface area contributed by atoms with Gasteiger partial charge in [0.05, 0.1) is 0 Å². The van der Waals surface area contributed by atoms with Gasteiger partial charge in [-0.05, 0) is 31.0 Å². The number of hydrogen-bond acceptors (Lipinski definition) is 2. The highest BCUT2D eigenvalue weighted by molar-refractivity contribution is 5.76. The van der Waals surface area contributed by atoms with Crippen molar-refractivity contribution in [3.05, 3.63) is 29.8 Å². The minimum Gasteiger partial charge on any atom is -0.385 e. The Labute approximate surface area is 110 Å². The summed E-state index contributed by atoms with van der Waals surface area (Å²) in [6.07, 6.45) is 2.75. The van der Waals surface area contributed by atoms with E-state index in [1.54, 1.807) is 0 Å². The standard InChI is InChI=1S/C15H24N2O/c1-4-5-11-17(3)15(18)9-10-16-14-8-6-7-13(2)12-14/h6-8,12,16H,4-5,9-11H2,1-3H3. The molecule has 0 spiro atoms. The number of anilines is 1. The molecule has 0 aromatic heterocycles. The number of aryl methyl sites for hydroxylation is 1. The van der Waals surface area contributed by atoms with Crippen LogP contribution in [-0.2, 0) is 4.79 Å². The summed E-state index contributed by atoms with van der Waals surface area (Å²) in [7, 11) is 1.88. The first-order valence-electron chi connectivity index (χ1n) is 6.68. The number of hydrogen-bond donors (Lipinski definition) is 1. The predicted octanol–water partition coefficient (Wildman–Crippen LogP) is 3.06. The molecule has 0 fully saturated rings. The van der Waals surface area contributed by atoms with Crippen LogP contribution in [0, 0.1) is 6.92 Å². The first-order chi connectivity index (χ1) is 8.63. The van der Waals surface area contributed by atoms with Crippen molar-refractivity contribution in [3.8, 4) is 0 Å². The predicted molar refractivity (Wildman–Crippen MR) is 76.8 cm³/mol. The van der Waals surface area contributed by atoms with Gasteiger partial charge in [0.1, 0.15) is 0 Å². The molecule has 0 saturated heterocycles. The molecule has 1 aromatic carbocycles. The van der Waals surface area contributed by atoms with Crippen LogP contribution in [0.2, 0.25) is 0 Å². The third-order valence-electron chi connectivity index (χ3n) is 2.96. The summed E-state index contributed by atoms with van der Waals surface area (Å²) in [5, 5.41) is 3.28. The van der Waals surface area contributed by atoms with Crippen LogP contribution < -0.4 is 5.32 Å². The van der Waals surface area contributed by atoms with Gasteiger partial charge in [0, 0.05) is 32.2 Å². The van der Waals surface area contributed by atoms with Crippen LogP contribution in [0.4, 0.5) is 5.69 Å². The second kappa shape index (κ2) is 7.75. The lowest BCUT2D eigenvalue weighted by Crippen LogP contribution is -2.29. The molecule has 0 aliphatic carbocycles. The molecule has 0 aliphatic heterocycles. The van der Waals surface area contributed by atoms with Gasteiger partial charge in [-0.2, -0.15) is 0 Å². The maximum absolute atomic E-state index is 11.8. The van der Waals surface area contributed by atoms with E-state index in [2.05, 4.69) is 31.3 Å². The minimum absolute atomic E-state index is 0.212. The monoisotopic (exact) mass is 248 g/mol. The lowest BCUT2D eigenvalue weighted by Gasteiger charge is -2.17. The molecular weight excluding hydrogens is 224 g/mol. The highest BCUT2D eigenvalue weighted by atomic mass is 16.2. The molecule has 1 amide bonds. The SMILES string of the molecule is CCCCN(C)C(=O)CCNc1cccc(C)c1. The van der Waals surface area contributed by atoms with Crippen molar-refractivity contribution in [2.24, 2.45) is 0 Å². The number of unbranched alkanes of at least 4 members (excludes halogenated alkanes) is 1. The van der Waals surface area contributed by atoms with E-state index < -0.39 is 0 Å². The number of carbonyl (C=O) groups excluding carboxylic acids is 1. The summed E-state index contributed by atoms with van der Waals surface area (Å²) in [6.45, 7) is 5.75. The zero-order valence-electron chi connectivity index (χ0n) is 11.7. The van der Waals surface area contributed by atoms with Gasteiger partial charge in [0.2, 0.25) is 5.91 Å². The van der Waals surface area contributed by atoms with E-state index in [1.807, 2.05) is 24.1 Å². The van der Waals surface area contributed by atoms with Crippen LogP contribution in [0.15, 0.2) is 24.3 Å². The molecule has 1 N–H and O–H groups in total.